The molecule has 7 fully saturated rings. The number of anilines is 5. The van der Waals surface area contributed by atoms with E-state index < -0.39 is 109 Å². The summed E-state index contributed by atoms with van der Waals surface area (Å²) < 4.78 is 117. The molecule has 0 radical (unpaired) electrons. The molecule has 14 heterocycles. The zero-order valence-corrected chi connectivity index (χ0v) is 81.3. The minimum Gasteiger partial charge on any atom is -0.492 e. The van der Waals surface area contributed by atoms with Crippen molar-refractivity contribution >= 4 is 130 Å². The lowest BCUT2D eigenvalue weighted by molar-refractivity contribution is 0.0683. The molecule has 9 N–H and O–H groups in total. The summed E-state index contributed by atoms with van der Waals surface area (Å²) in [5.41, 5.74) is -1.53. The van der Waals surface area contributed by atoms with Crippen molar-refractivity contribution in [3.05, 3.63) is 221 Å². The Labute approximate surface area is 822 Å². The van der Waals surface area contributed by atoms with E-state index in [1.807, 2.05) is 79.8 Å². The van der Waals surface area contributed by atoms with E-state index in [1.165, 1.54) is 48.7 Å². The summed E-state index contributed by atoms with van der Waals surface area (Å²) in [6.45, 7) is 26.7. The van der Waals surface area contributed by atoms with Crippen molar-refractivity contribution < 1.29 is 100.0 Å². The number of nitrogens with zero attached hydrogens (tertiary/aromatic N) is 14. The van der Waals surface area contributed by atoms with Gasteiger partial charge in [0.2, 0.25) is 32.6 Å². The first-order chi connectivity index (χ1) is 69.1. The fourth-order valence-corrected chi connectivity index (χ4v) is 19.6. The fraction of sp³-hybridized carbons (Fsp3) is 0.416. The lowest BCUT2D eigenvalue weighted by Gasteiger charge is -2.37. The van der Waals surface area contributed by atoms with Crippen LogP contribution < -0.4 is 87.2 Å². The average molecular weight is 2010 g/mol. The van der Waals surface area contributed by atoms with Crippen LogP contribution in [0.2, 0.25) is 0 Å². The molecular weight excluding hydrogens is 1900 g/mol. The minimum absolute atomic E-state index is 0.0434. The zero-order chi connectivity index (χ0) is 104. The Bertz CT molecular complexity index is 7490. The van der Waals surface area contributed by atoms with Gasteiger partial charge in [0.25, 0.3) is 0 Å². The number of nitrogens with one attached hydrogen (secondary N) is 3. The molecule has 21 rings (SSSR count). The highest BCUT2D eigenvalue weighted by Gasteiger charge is 2.39. The SMILES string of the molecule is CC1COc2c(N3CCN(C)CC3)c(F)cc3c(=O)c(C(=O)O)cn1c23.CCn1cc(C(=O)O)c(=O)c2cc(F)c(N3CCNC(C)C3)c(F)c21.CCn1cc(C(=O)O)c(=O)c2ccc(C)nc21.COc1c(N2CCNC(C)C2)c(F)cc2c(=O)c(C(=O)O)cn(C3CC3)c12.C[C@H]1COc2c(N3CCN(C)CC3)c(F)cc3c(=O)c(C(=O)O)cn1c23.O=C(O)c1cn(C2CC2)c2cc(N3CCNCC3)c(F)cc2c1=O. The normalized spacial score (nSPS) is 18.4. The number of halogens is 6. The lowest BCUT2D eigenvalue weighted by Crippen LogP contribution is -2.49. The molecule has 0 bridgehead atoms. The van der Waals surface area contributed by atoms with Gasteiger partial charge in [0, 0.05) is 203 Å². The van der Waals surface area contributed by atoms with Gasteiger partial charge in [-0.2, -0.15) is 0 Å². The van der Waals surface area contributed by atoms with E-state index in [1.54, 1.807) is 48.3 Å². The summed E-state index contributed by atoms with van der Waals surface area (Å²) in [6.07, 6.45) is 11.6. The molecule has 5 aromatic carbocycles. The molecule has 4 atom stereocenters. The van der Waals surface area contributed by atoms with Crippen LogP contribution in [0.4, 0.5) is 54.8 Å². The first-order valence-electron chi connectivity index (χ1n) is 47.8. The third-order valence-electron chi connectivity index (χ3n) is 27.5. The third-order valence-corrected chi connectivity index (χ3v) is 27.5. The van der Waals surface area contributed by atoms with Gasteiger partial charge in [0.1, 0.15) is 86.6 Å². The lowest BCUT2D eigenvalue weighted by atomic mass is 10.1. The molecular formula is C101H111F6N17O21. The largest absolute Gasteiger partial charge is 0.492 e. The van der Waals surface area contributed by atoms with E-state index in [4.69, 9.17) is 24.4 Å². The van der Waals surface area contributed by atoms with Crippen LogP contribution in [0.5, 0.6) is 17.2 Å². The molecule has 12 aromatic rings. The number of ether oxygens (including phenoxy) is 3. The van der Waals surface area contributed by atoms with Crippen molar-refractivity contribution in [1.29, 1.82) is 0 Å². The molecule has 145 heavy (non-hydrogen) atoms. The number of hydrogen-bond donors (Lipinski definition) is 9. The van der Waals surface area contributed by atoms with Crippen molar-refractivity contribution in [2.24, 2.45) is 0 Å². The Morgan fingerprint density at radius 3 is 1.20 bits per heavy atom. The monoisotopic (exact) mass is 2010 g/mol. The van der Waals surface area contributed by atoms with E-state index >= 15 is 8.78 Å². The highest BCUT2D eigenvalue weighted by atomic mass is 19.2. The smallest absolute Gasteiger partial charge is 0.341 e. The summed E-state index contributed by atoms with van der Waals surface area (Å²) in [5, 5.41) is 65.5. The average Bonchev–Trinajstić information content (AvgIpc) is 1.73. The van der Waals surface area contributed by atoms with Crippen molar-refractivity contribution in [1.82, 2.24) is 58.1 Å². The van der Waals surface area contributed by atoms with Gasteiger partial charge in [-0.25, -0.2) is 60.1 Å². The highest BCUT2D eigenvalue weighted by Crippen LogP contribution is 2.48. The highest BCUT2D eigenvalue weighted by molar-refractivity contribution is 6.02. The van der Waals surface area contributed by atoms with Crippen LogP contribution in [0.15, 0.2) is 114 Å². The van der Waals surface area contributed by atoms with Crippen LogP contribution in [0.1, 0.15) is 159 Å². The van der Waals surface area contributed by atoms with Crippen molar-refractivity contribution in [3.63, 3.8) is 0 Å². The number of fused-ring (bicyclic) bond motifs is 4. The molecule has 0 amide bonds. The second kappa shape index (κ2) is 42.2. The summed E-state index contributed by atoms with van der Waals surface area (Å²) in [4.78, 5) is 160. The molecule has 7 aromatic heterocycles. The number of rotatable bonds is 16. The van der Waals surface area contributed by atoms with E-state index in [9.17, 15) is 95.5 Å². The number of aromatic carboxylic acids is 6. The quantitative estimate of drug-likeness (QED) is 0.0406. The van der Waals surface area contributed by atoms with E-state index in [2.05, 4.69) is 30.7 Å². The number of carboxylic acids is 6. The van der Waals surface area contributed by atoms with E-state index in [0.717, 1.165) is 108 Å². The predicted molar refractivity (Wildman–Crippen MR) is 532 cm³/mol. The number of piperazine rings is 5. The van der Waals surface area contributed by atoms with Crippen LogP contribution in [0.25, 0.3) is 65.5 Å². The van der Waals surface area contributed by atoms with Crippen LogP contribution in [0, 0.1) is 41.8 Å². The van der Waals surface area contributed by atoms with Gasteiger partial charge in [-0.1, -0.05) is 0 Å². The first kappa shape index (κ1) is 103. The summed E-state index contributed by atoms with van der Waals surface area (Å²) in [7, 11) is 5.49. The third kappa shape index (κ3) is 20.4. The minimum atomic E-state index is -1.42. The molecule has 38 nitrogen and oxygen atoms in total. The van der Waals surface area contributed by atoms with Crippen LogP contribution in [-0.2, 0) is 13.1 Å². The standard InChI is InChI=1S/C19H22FN3O4.2C18H20FN3O4.C17H19F2N3O3.C17H18FN3O3.C12H12N2O3/c1-10-8-22(6-5-21-10)16-14(20)7-12-15(18(16)27-2)23(11-3-4-11)9-13(17(12)24)19(25)26;2*1-10-9-26-17-14-11(16(23)12(18(24)25)8-22(10)14)7-13(19)15(17)21-5-3-20(2)4-6-21;1-3-21-8-11(17(24)25)16(23)10-6-12(18)15(13(19)14(10)21)22-5-4-20-9(2)7-22;18-13-7-11-14(8-15(13)20-5-3-19-4-6-20)21(10-1-2-10)9-12(16(11)22)17(23)24;1-3-14-6-9(12(16)17)10(15)8-5-4-7(2)13-11(8)14/h7,9-11,21H,3-6,8H2,1-2H3,(H,25,26);2*7-8,10H,3-6,9H2,1-2H3,(H,24,25);6,8-9,20H,3-5,7H2,1-2H3,(H,24,25);7-10,19H,1-6H2,(H,23,24);4-6H,3H2,1-2H3,(H,16,17)/t;10-;;;;/m.0..../s1. The molecule has 2 aliphatic carbocycles. The second-order valence-corrected chi connectivity index (χ2v) is 37.5. The Morgan fingerprint density at radius 2 is 0.772 bits per heavy atom. The molecule has 7 aliphatic heterocycles. The predicted octanol–water partition coefficient (Wildman–Crippen LogP) is 9.87. The fourth-order valence-electron chi connectivity index (χ4n) is 19.6. The molecule has 3 unspecified atom stereocenters. The number of likely N-dealkylation sites (N-methyl/N-ethyl adjacent to an activating group) is 2. The molecule has 5 saturated heterocycles. The van der Waals surface area contributed by atoms with Crippen LogP contribution >= 0.6 is 0 Å². The van der Waals surface area contributed by atoms with Crippen molar-refractivity contribution in [2.75, 3.05) is 177 Å². The number of aryl methyl sites for hydroxylation is 3. The van der Waals surface area contributed by atoms with Crippen LogP contribution in [-0.4, -0.2) is 273 Å². The number of hydrogen-bond acceptors (Lipinski definition) is 26. The van der Waals surface area contributed by atoms with E-state index in [-0.39, 0.29) is 122 Å². The van der Waals surface area contributed by atoms with E-state index in [0.29, 0.717) is 152 Å². The van der Waals surface area contributed by atoms with Gasteiger partial charge in [0.05, 0.1) is 79.4 Å². The Hall–Kier alpha value is -14.9. The van der Waals surface area contributed by atoms with Gasteiger partial charge in [0.15, 0.2) is 40.5 Å². The topological polar surface area (TPSA) is 455 Å². The number of methoxy groups -OCH3 is 1. The van der Waals surface area contributed by atoms with Crippen molar-refractivity contribution in [3.8, 4) is 17.2 Å². The molecule has 0 spiro atoms. The summed E-state index contributed by atoms with van der Waals surface area (Å²) in [6, 6.07) is 10.9. The number of aromatic nitrogens is 7. The number of benzene rings is 5. The molecule has 768 valence electrons. The molecule has 44 heteroatoms. The van der Waals surface area contributed by atoms with Gasteiger partial charge in [-0.15, -0.1) is 0 Å². The molecule has 9 aliphatic rings. The second-order valence-electron chi connectivity index (χ2n) is 37.5. The maximum Gasteiger partial charge on any atom is 0.341 e. The Morgan fingerprint density at radius 1 is 0.407 bits per heavy atom. The Kier molecular flexibility index (Phi) is 30.0. The number of carboxylic acid groups (broad SMARTS) is 6. The van der Waals surface area contributed by atoms with Gasteiger partial charge in [-0.05, 0) is 137 Å². The van der Waals surface area contributed by atoms with Crippen molar-refractivity contribution in [2.45, 2.75) is 123 Å². The van der Waals surface area contributed by atoms with Gasteiger partial charge >= 0.3 is 35.8 Å². The van der Waals surface area contributed by atoms with Gasteiger partial charge in [-0.3, -0.25) is 28.8 Å². The zero-order valence-electron chi connectivity index (χ0n) is 81.3. The maximum atomic E-state index is 15.2. The maximum absolute atomic E-state index is 15.2. The number of pyridine rings is 7. The summed E-state index contributed by atoms with van der Waals surface area (Å²) >= 11 is 0. The molecule has 2 saturated carbocycles. The first-order valence-corrected chi connectivity index (χ1v) is 47.8. The summed E-state index contributed by atoms with van der Waals surface area (Å²) in [5.74, 6) is -10.8. The number of carbonyl (C=O) groups is 6. The Balaban J connectivity index is 0.000000125. The van der Waals surface area contributed by atoms with Gasteiger partial charge < -0.3 is 123 Å². The van der Waals surface area contributed by atoms with Crippen LogP contribution in [0.3, 0.4) is 0 Å².